The first-order valence-corrected chi connectivity index (χ1v) is 9.53. The van der Waals surface area contributed by atoms with Gasteiger partial charge >= 0.3 is 11.9 Å². The number of carbonyl (C=O) groups is 3. The minimum atomic E-state index is -1.26. The largest absolute Gasteiger partial charge is 0.492 e. The van der Waals surface area contributed by atoms with Crippen molar-refractivity contribution in [2.75, 3.05) is 32.0 Å². The Labute approximate surface area is 169 Å². The van der Waals surface area contributed by atoms with Gasteiger partial charge in [-0.05, 0) is 38.1 Å². The summed E-state index contributed by atoms with van der Waals surface area (Å²) in [5.74, 6) is -1.89. The van der Waals surface area contributed by atoms with Crippen LogP contribution in [0.4, 0.5) is 5.69 Å². The minimum absolute atomic E-state index is 0.0802. The Hall–Kier alpha value is -3.07. The van der Waals surface area contributed by atoms with Gasteiger partial charge in [0.1, 0.15) is 5.75 Å². The number of carbonyl (C=O) groups excluding carboxylic acids is 1. The van der Waals surface area contributed by atoms with Gasteiger partial charge in [0.05, 0.1) is 12.2 Å². The molecule has 2 aliphatic rings. The van der Waals surface area contributed by atoms with Crippen LogP contribution < -0.4 is 15.8 Å². The molecule has 1 atom stereocenters. The van der Waals surface area contributed by atoms with Crippen LogP contribution in [0.2, 0.25) is 0 Å². The number of nitrogen functional groups attached to an aromatic ring is 1. The van der Waals surface area contributed by atoms with Crippen LogP contribution in [0, 0.1) is 0 Å². The predicted octanol–water partition coefficient (Wildman–Crippen LogP) is 1.13. The number of nitrogens with two attached hydrogens (primary N) is 1. The molecule has 0 aliphatic carbocycles. The number of rotatable bonds is 6. The van der Waals surface area contributed by atoms with E-state index in [0.717, 1.165) is 31.5 Å². The summed E-state index contributed by atoms with van der Waals surface area (Å²) >= 11 is 0. The van der Waals surface area contributed by atoms with Gasteiger partial charge in [0.25, 0.3) is 5.91 Å². The fraction of sp³-hybridized carbons (Fsp3) is 0.450. The first kappa shape index (κ1) is 22.2. The van der Waals surface area contributed by atoms with Gasteiger partial charge in [-0.2, -0.15) is 0 Å². The van der Waals surface area contributed by atoms with Crippen molar-refractivity contribution < 1.29 is 29.3 Å². The second-order valence-corrected chi connectivity index (χ2v) is 6.80. The third kappa shape index (κ3) is 6.49. The van der Waals surface area contributed by atoms with Crippen LogP contribution in [0.5, 0.6) is 5.75 Å². The third-order valence-electron chi connectivity index (χ3n) is 4.82. The first-order valence-electron chi connectivity index (χ1n) is 9.53. The van der Waals surface area contributed by atoms with E-state index >= 15 is 0 Å². The Morgan fingerprint density at radius 1 is 1.28 bits per heavy atom. The van der Waals surface area contributed by atoms with Crippen LogP contribution in [-0.4, -0.2) is 65.2 Å². The maximum atomic E-state index is 12.4. The second-order valence-electron chi connectivity index (χ2n) is 6.80. The lowest BCUT2D eigenvalue weighted by Gasteiger charge is -2.23. The molecule has 1 aromatic carbocycles. The van der Waals surface area contributed by atoms with Crippen molar-refractivity contribution in [3.63, 3.8) is 0 Å². The van der Waals surface area contributed by atoms with Gasteiger partial charge in [0.15, 0.2) is 0 Å². The van der Waals surface area contributed by atoms with E-state index in [0.29, 0.717) is 48.3 Å². The summed E-state index contributed by atoms with van der Waals surface area (Å²) in [5.41, 5.74) is 8.12. The number of hydrogen-bond acceptors (Lipinski definition) is 6. The number of carboxylic acid groups (broad SMARTS) is 2. The molecular formula is C20H27N3O6. The van der Waals surface area contributed by atoms with E-state index in [2.05, 4.69) is 17.1 Å². The molecule has 5 N–H and O–H groups in total. The molecule has 1 unspecified atom stereocenters. The molecule has 0 bridgehead atoms. The molecular weight excluding hydrogens is 378 g/mol. The molecule has 1 saturated heterocycles. The average molecular weight is 405 g/mol. The molecule has 158 valence electrons. The van der Waals surface area contributed by atoms with E-state index < -0.39 is 11.9 Å². The van der Waals surface area contributed by atoms with Crippen molar-refractivity contribution in [2.24, 2.45) is 0 Å². The summed E-state index contributed by atoms with van der Waals surface area (Å²) < 4.78 is 5.59. The Morgan fingerprint density at radius 2 is 1.97 bits per heavy atom. The molecule has 0 radical (unpaired) electrons. The van der Waals surface area contributed by atoms with Crippen molar-refractivity contribution >= 4 is 23.5 Å². The Balaban J connectivity index is 0.000000321. The van der Waals surface area contributed by atoms with Gasteiger partial charge in [-0.15, -0.1) is 0 Å². The number of hydrogen-bond donors (Lipinski definition) is 4. The second kappa shape index (κ2) is 10.5. The summed E-state index contributed by atoms with van der Waals surface area (Å²) in [6, 6.07) is 4.06. The zero-order valence-electron chi connectivity index (χ0n) is 16.4. The fourth-order valence-electron chi connectivity index (χ4n) is 3.49. The molecule has 2 aliphatic heterocycles. The SMILES string of the molecule is CCN1CCCC1CNC(=O)c1cc(N)cc2c1OCC2.O=C(O)C=CC(=O)O. The average Bonchev–Trinajstić information content (AvgIpc) is 3.32. The summed E-state index contributed by atoms with van der Waals surface area (Å²) in [6.45, 7) is 5.66. The monoisotopic (exact) mass is 405 g/mol. The van der Waals surface area contributed by atoms with Crippen LogP contribution in [0.25, 0.3) is 0 Å². The molecule has 1 aromatic rings. The van der Waals surface area contributed by atoms with Crippen LogP contribution in [0.15, 0.2) is 24.3 Å². The van der Waals surface area contributed by atoms with Gasteiger partial charge < -0.3 is 26.0 Å². The number of amides is 1. The van der Waals surface area contributed by atoms with Crippen molar-refractivity contribution in [3.05, 3.63) is 35.4 Å². The van der Waals surface area contributed by atoms with Crippen LogP contribution >= 0.6 is 0 Å². The van der Waals surface area contributed by atoms with E-state index in [9.17, 15) is 14.4 Å². The molecule has 3 rings (SSSR count). The number of likely N-dealkylation sites (N-methyl/N-ethyl adjacent to an activating group) is 1. The highest BCUT2D eigenvalue weighted by atomic mass is 16.5. The maximum absolute atomic E-state index is 12.4. The number of carboxylic acids is 2. The van der Waals surface area contributed by atoms with Crippen LogP contribution in [0.3, 0.4) is 0 Å². The predicted molar refractivity (Wildman–Crippen MR) is 107 cm³/mol. The standard InChI is InChI=1S/C16H23N3O2.C4H4O4/c1-2-19-6-3-4-13(19)10-18-16(20)14-9-12(17)8-11-5-7-21-15(11)14;5-3(6)1-2-4(7)8/h8-9,13H,2-7,10,17H2,1H3,(H,18,20);1-2H,(H,5,6)(H,7,8). The highest BCUT2D eigenvalue weighted by Crippen LogP contribution is 2.32. The number of anilines is 1. The normalized spacial score (nSPS) is 17.9. The zero-order chi connectivity index (χ0) is 21.4. The molecule has 9 nitrogen and oxygen atoms in total. The molecule has 1 fully saturated rings. The zero-order valence-corrected chi connectivity index (χ0v) is 16.4. The van der Waals surface area contributed by atoms with E-state index in [1.807, 2.05) is 6.07 Å². The maximum Gasteiger partial charge on any atom is 0.328 e. The van der Waals surface area contributed by atoms with Crippen LogP contribution in [-0.2, 0) is 16.0 Å². The molecule has 0 spiro atoms. The highest BCUT2D eigenvalue weighted by Gasteiger charge is 2.25. The number of ether oxygens (including phenoxy) is 1. The number of nitrogens with zero attached hydrogens (tertiary/aromatic N) is 1. The smallest absolute Gasteiger partial charge is 0.328 e. The number of aliphatic carboxylic acids is 2. The van der Waals surface area contributed by atoms with Crippen molar-refractivity contribution in [1.29, 1.82) is 0 Å². The summed E-state index contributed by atoms with van der Waals surface area (Å²) in [5, 5.41) is 18.7. The lowest BCUT2D eigenvalue weighted by molar-refractivity contribution is -0.134. The Bertz CT molecular complexity index is 777. The van der Waals surface area contributed by atoms with Gasteiger partial charge in [-0.3, -0.25) is 9.69 Å². The highest BCUT2D eigenvalue weighted by molar-refractivity contribution is 5.98. The van der Waals surface area contributed by atoms with E-state index in [1.54, 1.807) is 6.07 Å². The molecule has 1 amide bonds. The van der Waals surface area contributed by atoms with Gasteiger partial charge in [0.2, 0.25) is 0 Å². The van der Waals surface area contributed by atoms with Crippen LogP contribution in [0.1, 0.15) is 35.7 Å². The number of fused-ring (bicyclic) bond motifs is 1. The first-order chi connectivity index (χ1) is 13.8. The van der Waals surface area contributed by atoms with Gasteiger partial charge in [0, 0.05) is 42.4 Å². The minimum Gasteiger partial charge on any atom is -0.492 e. The number of benzene rings is 1. The summed E-state index contributed by atoms with van der Waals surface area (Å²) in [4.78, 5) is 34.0. The van der Waals surface area contributed by atoms with E-state index in [1.165, 1.54) is 6.42 Å². The Kier molecular flexibility index (Phi) is 8.02. The van der Waals surface area contributed by atoms with Crippen molar-refractivity contribution in [2.45, 2.75) is 32.2 Å². The lowest BCUT2D eigenvalue weighted by Crippen LogP contribution is -2.40. The topological polar surface area (TPSA) is 142 Å². The van der Waals surface area contributed by atoms with E-state index in [-0.39, 0.29) is 5.91 Å². The number of likely N-dealkylation sites (tertiary alicyclic amines) is 1. The number of nitrogens with one attached hydrogen (secondary N) is 1. The molecule has 0 saturated carbocycles. The lowest BCUT2D eigenvalue weighted by atomic mass is 10.1. The molecule has 2 heterocycles. The van der Waals surface area contributed by atoms with Crippen molar-refractivity contribution in [3.8, 4) is 5.75 Å². The summed E-state index contributed by atoms with van der Waals surface area (Å²) in [6.07, 6.45) is 4.31. The molecule has 9 heteroatoms. The fourth-order valence-corrected chi connectivity index (χ4v) is 3.49. The Morgan fingerprint density at radius 3 is 2.59 bits per heavy atom. The molecule has 0 aromatic heterocycles. The quantitative estimate of drug-likeness (QED) is 0.407. The van der Waals surface area contributed by atoms with Gasteiger partial charge in [-0.25, -0.2) is 9.59 Å². The van der Waals surface area contributed by atoms with Gasteiger partial charge in [-0.1, -0.05) is 6.92 Å². The summed E-state index contributed by atoms with van der Waals surface area (Å²) in [7, 11) is 0. The molecule has 29 heavy (non-hydrogen) atoms. The van der Waals surface area contributed by atoms with Crippen molar-refractivity contribution in [1.82, 2.24) is 10.2 Å². The third-order valence-corrected chi connectivity index (χ3v) is 4.82. The van der Waals surface area contributed by atoms with E-state index in [4.69, 9.17) is 20.7 Å².